The third-order valence-electron chi connectivity index (χ3n) is 5.51. The van der Waals surface area contributed by atoms with Crippen molar-refractivity contribution < 1.29 is 20.1 Å². The van der Waals surface area contributed by atoms with Crippen LogP contribution >= 0.6 is 0 Å². The van der Waals surface area contributed by atoms with Crippen LogP contribution in [0, 0.1) is 0 Å². The number of aromatic nitrogens is 4. The van der Waals surface area contributed by atoms with Crippen molar-refractivity contribution in [2.24, 2.45) is 0 Å². The molecule has 2 aromatic heterocycles. The lowest BCUT2D eigenvalue weighted by Crippen LogP contribution is -2.63. The number of imidazole rings is 1. The highest BCUT2D eigenvalue weighted by Gasteiger charge is 2.72. The summed E-state index contributed by atoms with van der Waals surface area (Å²) in [5.74, 6) is 0.0360. The lowest BCUT2D eigenvalue weighted by Gasteiger charge is -2.42. The maximum atomic E-state index is 11.1. The quantitative estimate of drug-likeness (QED) is 0.459. The number of nitrogens with two attached hydrogens (primary N) is 2. The first-order valence-corrected chi connectivity index (χ1v) is 7.43. The Morgan fingerprint density at radius 3 is 2.29 bits per heavy atom. The molecule has 0 saturated carbocycles. The van der Waals surface area contributed by atoms with Crippen molar-refractivity contribution in [3.05, 3.63) is 6.33 Å². The van der Waals surface area contributed by atoms with Gasteiger partial charge >= 0.3 is 0 Å². The fourth-order valence-electron chi connectivity index (χ4n) is 3.33. The van der Waals surface area contributed by atoms with Crippen LogP contribution in [0.15, 0.2) is 6.33 Å². The van der Waals surface area contributed by atoms with Crippen molar-refractivity contribution in [3.63, 3.8) is 0 Å². The molecule has 1 aliphatic rings. The SMILES string of the molecule is C[C@@]1(O)[C@@](C)(O)[C@](C)(n2cnc3c(N)nc(N)nc32)O[C@]1(C)CO. The number of fused-ring (bicyclic) bond motifs is 1. The summed E-state index contributed by atoms with van der Waals surface area (Å²) in [4.78, 5) is 12.1. The van der Waals surface area contributed by atoms with E-state index < -0.39 is 29.1 Å². The van der Waals surface area contributed by atoms with E-state index in [2.05, 4.69) is 15.0 Å². The average Bonchev–Trinajstić information content (AvgIpc) is 2.94. The Morgan fingerprint density at radius 1 is 1.12 bits per heavy atom. The number of nitrogens with zero attached hydrogens (tertiary/aromatic N) is 4. The van der Waals surface area contributed by atoms with Crippen molar-refractivity contribution >= 4 is 22.9 Å². The number of hydrogen-bond acceptors (Lipinski definition) is 9. The van der Waals surface area contributed by atoms with E-state index in [1.54, 1.807) is 6.92 Å². The molecule has 3 rings (SSSR count). The number of nitrogen functional groups attached to an aromatic ring is 2. The monoisotopic (exact) mass is 338 g/mol. The normalized spacial score (nSPS) is 39.6. The van der Waals surface area contributed by atoms with Crippen LogP contribution in [0.1, 0.15) is 27.7 Å². The summed E-state index contributed by atoms with van der Waals surface area (Å²) < 4.78 is 7.42. The Balaban J connectivity index is 2.30. The van der Waals surface area contributed by atoms with E-state index >= 15 is 0 Å². The zero-order chi connectivity index (χ0) is 18.1. The molecule has 132 valence electrons. The summed E-state index contributed by atoms with van der Waals surface area (Å²) in [6.07, 6.45) is 1.38. The highest BCUT2D eigenvalue weighted by atomic mass is 16.6. The van der Waals surface area contributed by atoms with Crippen LogP contribution < -0.4 is 11.5 Å². The molecule has 4 atom stereocenters. The van der Waals surface area contributed by atoms with Gasteiger partial charge in [0.05, 0.1) is 12.9 Å². The molecule has 0 spiro atoms. The summed E-state index contributed by atoms with van der Waals surface area (Å²) in [6.45, 7) is 5.41. The third-order valence-corrected chi connectivity index (χ3v) is 5.51. The number of ether oxygens (including phenoxy) is 1. The average molecular weight is 338 g/mol. The lowest BCUT2D eigenvalue weighted by molar-refractivity contribution is -0.192. The van der Waals surface area contributed by atoms with Gasteiger partial charge < -0.3 is 31.5 Å². The van der Waals surface area contributed by atoms with Crippen LogP contribution in [-0.4, -0.2) is 58.2 Å². The minimum atomic E-state index is -1.81. The second-order valence-electron chi connectivity index (χ2n) is 6.87. The van der Waals surface area contributed by atoms with Crippen LogP contribution in [0.5, 0.6) is 0 Å². The van der Waals surface area contributed by atoms with Crippen LogP contribution in [0.4, 0.5) is 11.8 Å². The summed E-state index contributed by atoms with van der Waals surface area (Å²) in [5.41, 5.74) is 5.51. The molecular formula is C14H22N6O4. The zero-order valence-electron chi connectivity index (χ0n) is 14.0. The first-order chi connectivity index (χ1) is 10.9. The Hall–Kier alpha value is -2.01. The van der Waals surface area contributed by atoms with E-state index in [-0.39, 0.29) is 17.4 Å². The fourth-order valence-corrected chi connectivity index (χ4v) is 3.33. The summed E-state index contributed by atoms with van der Waals surface area (Å²) in [7, 11) is 0. The highest BCUT2D eigenvalue weighted by molar-refractivity contribution is 5.82. The predicted molar refractivity (Wildman–Crippen MR) is 85.6 cm³/mol. The third kappa shape index (κ3) is 1.71. The number of aliphatic hydroxyl groups is 3. The van der Waals surface area contributed by atoms with Gasteiger partial charge in [0.25, 0.3) is 0 Å². The van der Waals surface area contributed by atoms with Crippen molar-refractivity contribution in [2.75, 3.05) is 18.1 Å². The van der Waals surface area contributed by atoms with E-state index in [0.29, 0.717) is 5.52 Å². The molecule has 0 unspecified atom stereocenters. The number of aliphatic hydroxyl groups excluding tert-OH is 1. The van der Waals surface area contributed by atoms with E-state index in [1.165, 1.54) is 31.7 Å². The molecule has 3 heterocycles. The standard InChI is InChI=1S/C14H22N6O4/c1-11(5-21)12(2,22)13(3,23)14(4,24-11)20-6-17-7-8(15)18-10(16)19-9(7)20/h6,21-23H,5H2,1-4H3,(H4,15,16,18,19)/t11-,12+,13-,14-/m1/s1. The van der Waals surface area contributed by atoms with Crippen LogP contribution in [-0.2, 0) is 10.5 Å². The van der Waals surface area contributed by atoms with Crippen molar-refractivity contribution in [2.45, 2.75) is 50.2 Å². The minimum Gasteiger partial charge on any atom is -0.393 e. The van der Waals surface area contributed by atoms with Gasteiger partial charge in [-0.2, -0.15) is 9.97 Å². The van der Waals surface area contributed by atoms with E-state index in [1.807, 2.05) is 0 Å². The van der Waals surface area contributed by atoms with E-state index in [9.17, 15) is 15.3 Å². The van der Waals surface area contributed by atoms with Gasteiger partial charge in [-0.15, -0.1) is 0 Å². The second-order valence-corrected chi connectivity index (χ2v) is 6.87. The highest BCUT2D eigenvalue weighted by Crippen LogP contribution is 2.54. The molecule has 0 aliphatic carbocycles. The molecule has 2 aromatic rings. The lowest BCUT2D eigenvalue weighted by atomic mass is 9.73. The van der Waals surface area contributed by atoms with Gasteiger partial charge in [0, 0.05) is 0 Å². The van der Waals surface area contributed by atoms with Gasteiger partial charge in [0.2, 0.25) is 5.95 Å². The molecule has 0 radical (unpaired) electrons. The van der Waals surface area contributed by atoms with Gasteiger partial charge in [-0.1, -0.05) is 0 Å². The first kappa shape index (κ1) is 16.8. The van der Waals surface area contributed by atoms with Crippen LogP contribution in [0.25, 0.3) is 11.2 Å². The molecule has 0 amide bonds. The predicted octanol–water partition coefficient (Wildman–Crippen LogP) is -1.05. The largest absolute Gasteiger partial charge is 0.393 e. The minimum absolute atomic E-state index is 0.0559. The Labute approximate surface area is 138 Å². The molecule has 10 heteroatoms. The number of anilines is 2. The maximum Gasteiger partial charge on any atom is 0.224 e. The number of hydrogen-bond donors (Lipinski definition) is 5. The molecule has 7 N–H and O–H groups in total. The van der Waals surface area contributed by atoms with Crippen molar-refractivity contribution in [3.8, 4) is 0 Å². The zero-order valence-corrected chi connectivity index (χ0v) is 14.0. The summed E-state index contributed by atoms with van der Waals surface area (Å²) in [6, 6.07) is 0. The van der Waals surface area contributed by atoms with Crippen molar-refractivity contribution in [1.29, 1.82) is 0 Å². The maximum absolute atomic E-state index is 11.1. The Kier molecular flexibility index (Phi) is 3.18. The van der Waals surface area contributed by atoms with Gasteiger partial charge in [0.1, 0.15) is 22.3 Å². The molecule has 24 heavy (non-hydrogen) atoms. The fraction of sp³-hybridized carbons (Fsp3) is 0.643. The van der Waals surface area contributed by atoms with Crippen molar-refractivity contribution in [1.82, 2.24) is 19.5 Å². The Morgan fingerprint density at radius 2 is 1.75 bits per heavy atom. The first-order valence-electron chi connectivity index (χ1n) is 7.43. The Bertz CT molecular complexity index is 819. The molecular weight excluding hydrogens is 316 g/mol. The molecule has 10 nitrogen and oxygen atoms in total. The van der Waals surface area contributed by atoms with Crippen LogP contribution in [0.3, 0.4) is 0 Å². The molecule has 1 aliphatic heterocycles. The smallest absolute Gasteiger partial charge is 0.224 e. The van der Waals surface area contributed by atoms with E-state index in [0.717, 1.165) is 0 Å². The van der Waals surface area contributed by atoms with Gasteiger partial charge in [-0.25, -0.2) is 4.98 Å². The molecule has 1 saturated heterocycles. The number of rotatable bonds is 2. The molecule has 0 aromatic carbocycles. The second kappa shape index (κ2) is 4.54. The van der Waals surface area contributed by atoms with Crippen LogP contribution in [0.2, 0.25) is 0 Å². The summed E-state index contributed by atoms with van der Waals surface area (Å²) in [5, 5.41) is 31.8. The van der Waals surface area contributed by atoms with Gasteiger partial charge in [0.15, 0.2) is 17.2 Å². The molecule has 1 fully saturated rings. The summed E-state index contributed by atoms with van der Waals surface area (Å²) >= 11 is 0. The topological polar surface area (TPSA) is 166 Å². The van der Waals surface area contributed by atoms with Gasteiger partial charge in [-0.3, -0.25) is 4.57 Å². The molecule has 0 bridgehead atoms. The van der Waals surface area contributed by atoms with E-state index in [4.69, 9.17) is 16.2 Å². The van der Waals surface area contributed by atoms with Gasteiger partial charge in [-0.05, 0) is 27.7 Å².